The Morgan fingerprint density at radius 1 is 1.17 bits per heavy atom. The van der Waals surface area contributed by atoms with Crippen LogP contribution < -0.4 is 0 Å². The fourth-order valence-electron chi connectivity index (χ4n) is 7.31. The molecule has 1 unspecified atom stereocenters. The Balaban J connectivity index is 1.56. The van der Waals surface area contributed by atoms with Crippen molar-refractivity contribution in [3.8, 4) is 0 Å². The molecule has 0 saturated heterocycles. The number of hydrogen-bond acceptors (Lipinski definition) is 3. The van der Waals surface area contributed by atoms with E-state index in [-0.39, 0.29) is 22.1 Å². The molecule has 0 aliphatic heterocycles. The van der Waals surface area contributed by atoms with Gasteiger partial charge in [-0.1, -0.05) is 55.3 Å². The van der Waals surface area contributed by atoms with Crippen LogP contribution in [0.15, 0.2) is 75.9 Å². The Hall–Kier alpha value is -2.29. The SMILES string of the molecule is [C-]#[N+]C(CCl)(C1=CC[C@H]2[C@@H]3CC=C4C=C(OC)CC[C@]4(C)C3=CC[C@]12C)S(=O)(=O)c1ccc(C)cc1. The van der Waals surface area contributed by atoms with Gasteiger partial charge in [-0.3, -0.25) is 4.85 Å². The molecule has 0 fully saturated rings. The molecule has 0 N–H and O–H groups in total. The van der Waals surface area contributed by atoms with Crippen molar-refractivity contribution < 1.29 is 13.2 Å². The quantitative estimate of drug-likeness (QED) is 0.233. The second kappa shape index (κ2) is 8.64. The maximum Gasteiger partial charge on any atom is 0.368 e. The van der Waals surface area contributed by atoms with Crippen LogP contribution in [0.1, 0.15) is 51.5 Å². The van der Waals surface area contributed by atoms with Gasteiger partial charge in [0.25, 0.3) is 9.84 Å². The van der Waals surface area contributed by atoms with Gasteiger partial charge >= 0.3 is 4.87 Å². The van der Waals surface area contributed by atoms with Gasteiger partial charge in [0.1, 0.15) is 5.88 Å². The highest BCUT2D eigenvalue weighted by Gasteiger charge is 2.64. The molecule has 0 aromatic heterocycles. The lowest BCUT2D eigenvalue weighted by molar-refractivity contribution is 0.147. The van der Waals surface area contributed by atoms with Gasteiger partial charge in [0.15, 0.2) is 0 Å². The number of ether oxygens (including phenoxy) is 1. The van der Waals surface area contributed by atoms with Gasteiger partial charge in [0.05, 0.1) is 17.8 Å². The number of methoxy groups -OCH3 is 1. The number of alkyl halides is 1. The topological polar surface area (TPSA) is 47.7 Å². The van der Waals surface area contributed by atoms with Crippen LogP contribution >= 0.6 is 11.6 Å². The van der Waals surface area contributed by atoms with Gasteiger partial charge < -0.3 is 4.74 Å². The zero-order valence-electron chi connectivity index (χ0n) is 21.5. The van der Waals surface area contributed by atoms with Crippen molar-refractivity contribution in [2.45, 2.75) is 62.6 Å². The van der Waals surface area contributed by atoms with Crippen molar-refractivity contribution in [1.29, 1.82) is 0 Å². The Kier molecular flexibility index (Phi) is 6.09. The highest BCUT2D eigenvalue weighted by molar-refractivity contribution is 7.93. The molecule has 1 aromatic rings. The third-order valence-corrected chi connectivity index (χ3v) is 12.3. The zero-order chi connectivity index (χ0) is 25.9. The van der Waals surface area contributed by atoms with Crippen LogP contribution in [0.3, 0.4) is 0 Å². The molecule has 36 heavy (non-hydrogen) atoms. The Morgan fingerprint density at radius 2 is 1.89 bits per heavy atom. The van der Waals surface area contributed by atoms with Crippen LogP contribution in [0, 0.1) is 36.2 Å². The minimum Gasteiger partial charge on any atom is -0.501 e. The molecule has 5 atom stereocenters. The number of fused-ring (bicyclic) bond motifs is 5. The third kappa shape index (κ3) is 3.33. The van der Waals surface area contributed by atoms with E-state index in [1.54, 1.807) is 31.4 Å². The monoisotopic (exact) mass is 523 g/mol. The van der Waals surface area contributed by atoms with E-state index in [9.17, 15) is 8.42 Å². The van der Waals surface area contributed by atoms with Crippen LogP contribution in [0.5, 0.6) is 0 Å². The summed E-state index contributed by atoms with van der Waals surface area (Å²) in [4.78, 5) is 2.19. The molecular formula is C30H34ClNO3S. The number of nitrogens with zero attached hydrogens (tertiary/aromatic N) is 1. The lowest BCUT2D eigenvalue weighted by atomic mass is 9.52. The van der Waals surface area contributed by atoms with Crippen molar-refractivity contribution in [3.63, 3.8) is 0 Å². The molecule has 4 nitrogen and oxygen atoms in total. The standard InChI is InChI=1S/C30H34ClNO3S/c1-20-6-9-23(10-7-20)36(33,34)30(19-31,32-4)27-13-12-25-24-11-8-21-18-22(35-5)14-16-28(21,2)26(24)15-17-29(25,27)3/h6-10,13,15,18,24-25H,11-12,14,16-17,19H2,1-3,5H3/t24-,25-,28-,29-,30?/m0/s1. The number of rotatable bonds is 5. The van der Waals surface area contributed by atoms with Crippen LogP contribution in [0.4, 0.5) is 0 Å². The first kappa shape index (κ1) is 25.4. The summed E-state index contributed by atoms with van der Waals surface area (Å²) in [6, 6.07) is 6.76. The number of benzene rings is 1. The normalized spacial score (nSPS) is 32.9. The van der Waals surface area contributed by atoms with Crippen LogP contribution in [-0.2, 0) is 14.6 Å². The predicted octanol–water partition coefficient (Wildman–Crippen LogP) is 7.18. The Bertz CT molecular complexity index is 1360. The van der Waals surface area contributed by atoms with Crippen LogP contribution in [0.2, 0.25) is 0 Å². The molecule has 1 aromatic carbocycles. The average molecular weight is 524 g/mol. The smallest absolute Gasteiger partial charge is 0.368 e. The molecule has 190 valence electrons. The van der Waals surface area contributed by atoms with E-state index < -0.39 is 20.1 Å². The molecule has 6 heteroatoms. The fourth-order valence-corrected chi connectivity index (χ4v) is 9.70. The van der Waals surface area contributed by atoms with Gasteiger partial charge in [-0.15, -0.1) is 11.6 Å². The summed E-state index contributed by atoms with van der Waals surface area (Å²) < 4.78 is 33.6. The van der Waals surface area contributed by atoms with Crippen molar-refractivity contribution in [2.75, 3.05) is 13.0 Å². The van der Waals surface area contributed by atoms with E-state index in [2.05, 4.69) is 36.9 Å². The van der Waals surface area contributed by atoms with Crippen molar-refractivity contribution >= 4 is 21.4 Å². The Morgan fingerprint density at radius 3 is 2.53 bits per heavy atom. The molecule has 4 aliphatic rings. The van der Waals surface area contributed by atoms with E-state index in [0.717, 1.165) is 43.4 Å². The van der Waals surface area contributed by atoms with Crippen LogP contribution in [-0.4, -0.2) is 26.3 Å². The molecule has 0 bridgehead atoms. The molecular weight excluding hydrogens is 490 g/mol. The van der Waals surface area contributed by atoms with E-state index in [1.165, 1.54) is 11.1 Å². The minimum absolute atomic E-state index is 0.0215. The maximum atomic E-state index is 14.0. The van der Waals surface area contributed by atoms with E-state index in [4.69, 9.17) is 22.9 Å². The molecule has 5 rings (SSSR count). The van der Waals surface area contributed by atoms with Gasteiger partial charge in [-0.25, -0.2) is 15.0 Å². The summed E-state index contributed by atoms with van der Waals surface area (Å²) in [5, 5.41) is 0. The van der Waals surface area contributed by atoms with E-state index >= 15 is 0 Å². The summed E-state index contributed by atoms with van der Waals surface area (Å²) >= 11 is 6.46. The molecule has 4 aliphatic carbocycles. The van der Waals surface area contributed by atoms with Crippen LogP contribution in [0.25, 0.3) is 4.85 Å². The third-order valence-electron chi connectivity index (χ3n) is 9.52. The highest BCUT2D eigenvalue weighted by atomic mass is 35.5. The molecule has 0 heterocycles. The summed E-state index contributed by atoms with van der Waals surface area (Å²) in [5.74, 6) is 1.32. The summed E-state index contributed by atoms with van der Waals surface area (Å²) in [5.41, 5.74) is 4.01. The number of sulfone groups is 1. The number of halogens is 1. The first-order valence-corrected chi connectivity index (χ1v) is 14.7. The minimum atomic E-state index is -4.03. The molecule has 0 radical (unpaired) electrons. The van der Waals surface area contributed by atoms with Crippen molar-refractivity contribution in [3.05, 3.63) is 88.0 Å². The first-order valence-electron chi connectivity index (χ1n) is 12.7. The van der Waals surface area contributed by atoms with Gasteiger partial charge in [0.2, 0.25) is 0 Å². The molecule has 0 saturated carbocycles. The number of allylic oxidation sites excluding steroid dienone is 7. The van der Waals surface area contributed by atoms with Crippen molar-refractivity contribution in [1.82, 2.24) is 0 Å². The summed E-state index contributed by atoms with van der Waals surface area (Å²) in [6.07, 6.45) is 13.3. The van der Waals surface area contributed by atoms with E-state index in [1.807, 2.05) is 13.0 Å². The number of hydrogen-bond donors (Lipinski definition) is 0. The molecule has 0 spiro atoms. The lowest BCUT2D eigenvalue weighted by Crippen LogP contribution is -2.48. The molecule has 0 amide bonds. The Labute approximate surface area is 220 Å². The largest absolute Gasteiger partial charge is 0.501 e. The number of aryl methyl sites for hydroxylation is 1. The second-order valence-electron chi connectivity index (χ2n) is 11.2. The fraction of sp³-hybridized carbons (Fsp3) is 0.500. The van der Waals surface area contributed by atoms with E-state index in [0.29, 0.717) is 11.5 Å². The summed E-state index contributed by atoms with van der Waals surface area (Å²) in [6.45, 7) is 14.6. The summed E-state index contributed by atoms with van der Waals surface area (Å²) in [7, 11) is -2.29. The van der Waals surface area contributed by atoms with Gasteiger partial charge in [0, 0.05) is 22.8 Å². The first-order chi connectivity index (χ1) is 17.1. The predicted molar refractivity (Wildman–Crippen MR) is 144 cm³/mol. The van der Waals surface area contributed by atoms with Gasteiger partial charge in [-0.2, -0.15) is 0 Å². The highest BCUT2D eigenvalue weighted by Crippen LogP contribution is 2.64. The lowest BCUT2D eigenvalue weighted by Gasteiger charge is -2.52. The zero-order valence-corrected chi connectivity index (χ0v) is 23.0. The van der Waals surface area contributed by atoms with Gasteiger partial charge in [-0.05, 0) is 68.2 Å². The second-order valence-corrected chi connectivity index (χ2v) is 13.7. The van der Waals surface area contributed by atoms with Crippen molar-refractivity contribution in [2.24, 2.45) is 22.7 Å². The maximum absolute atomic E-state index is 14.0. The average Bonchev–Trinajstić information content (AvgIpc) is 3.22.